The molecule has 0 amide bonds. The van der Waals surface area contributed by atoms with Crippen LogP contribution in [0.3, 0.4) is 0 Å². The predicted octanol–water partition coefficient (Wildman–Crippen LogP) is 3.91. The Morgan fingerprint density at radius 3 is 2.63 bits per heavy atom. The second kappa shape index (κ2) is 5.76. The Balaban J connectivity index is 2.08. The van der Waals surface area contributed by atoms with Crippen LogP contribution in [0.5, 0.6) is 0 Å². The van der Waals surface area contributed by atoms with E-state index in [0.717, 1.165) is 17.0 Å². The maximum Gasteiger partial charge on any atom is 0.177 e. The number of carbonyl (C=O) groups is 1. The molecule has 1 aromatic heterocycles. The summed E-state index contributed by atoms with van der Waals surface area (Å²) in [5.41, 5.74) is 0.931. The van der Waals surface area contributed by atoms with Crippen LogP contribution >= 0.6 is 11.3 Å². The van der Waals surface area contributed by atoms with E-state index in [1.807, 2.05) is 6.07 Å². The third kappa shape index (κ3) is 3.26. The minimum atomic E-state index is 0.287. The van der Waals surface area contributed by atoms with Crippen molar-refractivity contribution in [2.45, 2.75) is 47.1 Å². The molecule has 2 rings (SSSR count). The molecule has 1 aliphatic heterocycles. The van der Waals surface area contributed by atoms with Gasteiger partial charge in [0.15, 0.2) is 5.78 Å². The molecule has 0 aromatic carbocycles. The number of Topliss-reactive ketones (excluding diaryl/α,β-unsaturated/α-hetero) is 1. The number of hydrogen-bond acceptors (Lipinski definition) is 3. The lowest BCUT2D eigenvalue weighted by Gasteiger charge is -2.40. The average Bonchev–Trinajstić information content (AvgIpc) is 2.64. The van der Waals surface area contributed by atoms with Crippen molar-refractivity contribution in [3.05, 3.63) is 21.4 Å². The van der Waals surface area contributed by atoms with Gasteiger partial charge in [-0.3, -0.25) is 9.69 Å². The van der Waals surface area contributed by atoms with Crippen LogP contribution < -0.4 is 0 Å². The molecule has 3 atom stereocenters. The van der Waals surface area contributed by atoms with E-state index in [1.165, 1.54) is 11.3 Å². The second-order valence-corrected chi connectivity index (χ2v) is 7.70. The molecule has 2 nitrogen and oxygen atoms in total. The third-order valence-corrected chi connectivity index (χ3v) is 5.37. The molecule has 19 heavy (non-hydrogen) atoms. The van der Waals surface area contributed by atoms with Gasteiger partial charge in [-0.25, -0.2) is 0 Å². The fourth-order valence-electron chi connectivity index (χ4n) is 3.22. The second-order valence-electron chi connectivity index (χ2n) is 6.24. The van der Waals surface area contributed by atoms with Gasteiger partial charge in [-0.2, -0.15) is 0 Å². The maximum atomic E-state index is 12.5. The molecule has 3 unspecified atom stereocenters. The molecule has 1 saturated heterocycles. The van der Waals surface area contributed by atoms with Crippen LogP contribution in [0.4, 0.5) is 0 Å². The predicted molar refractivity (Wildman–Crippen MR) is 82.1 cm³/mol. The fraction of sp³-hybridized carbons (Fsp3) is 0.688. The lowest BCUT2D eigenvalue weighted by Crippen LogP contribution is -2.47. The first-order valence-corrected chi connectivity index (χ1v) is 8.04. The SMILES string of the molecule is Cc1cc(C(=O)CN2CC(C)CC(C)C2C)c(C)s1. The first kappa shape index (κ1) is 14.7. The molecule has 1 aromatic rings. The van der Waals surface area contributed by atoms with E-state index < -0.39 is 0 Å². The van der Waals surface area contributed by atoms with Gasteiger partial charge in [-0.15, -0.1) is 11.3 Å². The van der Waals surface area contributed by atoms with E-state index in [0.29, 0.717) is 24.4 Å². The van der Waals surface area contributed by atoms with Crippen molar-refractivity contribution < 1.29 is 4.79 Å². The van der Waals surface area contributed by atoms with Crippen LogP contribution in [-0.4, -0.2) is 29.8 Å². The average molecular weight is 279 g/mol. The number of ketones is 1. The molecule has 0 aliphatic carbocycles. The van der Waals surface area contributed by atoms with E-state index in [2.05, 4.69) is 39.5 Å². The summed E-state index contributed by atoms with van der Waals surface area (Å²) in [4.78, 5) is 17.2. The summed E-state index contributed by atoms with van der Waals surface area (Å²) < 4.78 is 0. The normalized spacial score (nSPS) is 28.6. The number of aryl methyl sites for hydroxylation is 2. The summed E-state index contributed by atoms with van der Waals surface area (Å²) in [6, 6.07) is 2.56. The Morgan fingerprint density at radius 1 is 1.37 bits per heavy atom. The van der Waals surface area contributed by atoms with Crippen molar-refractivity contribution >= 4 is 17.1 Å². The van der Waals surface area contributed by atoms with Crippen molar-refractivity contribution in [1.82, 2.24) is 4.90 Å². The first-order chi connectivity index (χ1) is 8.88. The number of likely N-dealkylation sites (tertiary alicyclic amines) is 1. The maximum absolute atomic E-state index is 12.5. The monoisotopic (exact) mass is 279 g/mol. The van der Waals surface area contributed by atoms with Gasteiger partial charge in [-0.1, -0.05) is 13.8 Å². The van der Waals surface area contributed by atoms with Crippen LogP contribution in [0.15, 0.2) is 6.07 Å². The highest BCUT2D eigenvalue weighted by atomic mass is 32.1. The van der Waals surface area contributed by atoms with Gasteiger partial charge < -0.3 is 0 Å². The van der Waals surface area contributed by atoms with Crippen LogP contribution in [0, 0.1) is 25.7 Å². The van der Waals surface area contributed by atoms with Gasteiger partial charge in [0.05, 0.1) is 6.54 Å². The topological polar surface area (TPSA) is 20.3 Å². The highest BCUT2D eigenvalue weighted by Crippen LogP contribution is 2.28. The van der Waals surface area contributed by atoms with Crippen molar-refractivity contribution in [1.29, 1.82) is 0 Å². The highest BCUT2D eigenvalue weighted by Gasteiger charge is 2.30. The Morgan fingerprint density at radius 2 is 2.05 bits per heavy atom. The van der Waals surface area contributed by atoms with Gasteiger partial charge in [0.1, 0.15) is 0 Å². The van der Waals surface area contributed by atoms with E-state index in [9.17, 15) is 4.79 Å². The molecule has 1 aliphatic rings. The quantitative estimate of drug-likeness (QED) is 0.782. The van der Waals surface area contributed by atoms with Gasteiger partial charge in [0.25, 0.3) is 0 Å². The summed E-state index contributed by atoms with van der Waals surface area (Å²) in [7, 11) is 0. The molecule has 3 heteroatoms. The molecule has 0 saturated carbocycles. The minimum Gasteiger partial charge on any atom is -0.293 e. The zero-order valence-electron chi connectivity index (χ0n) is 12.7. The van der Waals surface area contributed by atoms with E-state index in [1.54, 1.807) is 11.3 Å². The van der Waals surface area contributed by atoms with Gasteiger partial charge in [0, 0.05) is 27.9 Å². The lowest BCUT2D eigenvalue weighted by atomic mass is 9.86. The van der Waals surface area contributed by atoms with Crippen molar-refractivity contribution in [3.63, 3.8) is 0 Å². The standard InChI is InChI=1S/C16H25NOS/c1-10-6-11(2)13(4)17(8-10)9-16(18)15-7-12(3)19-14(15)5/h7,10-11,13H,6,8-9H2,1-5H3. The number of thiophene rings is 1. The third-order valence-electron chi connectivity index (χ3n) is 4.41. The van der Waals surface area contributed by atoms with Crippen LogP contribution in [0.1, 0.15) is 47.3 Å². The minimum absolute atomic E-state index is 0.287. The molecule has 0 spiro atoms. The van der Waals surface area contributed by atoms with Gasteiger partial charge >= 0.3 is 0 Å². The van der Waals surface area contributed by atoms with E-state index in [-0.39, 0.29) is 5.78 Å². The lowest BCUT2D eigenvalue weighted by molar-refractivity contribution is 0.0650. The number of rotatable bonds is 3. The summed E-state index contributed by atoms with van der Waals surface area (Å²) >= 11 is 1.72. The molecular weight excluding hydrogens is 254 g/mol. The summed E-state index contributed by atoms with van der Waals surface area (Å²) in [6.07, 6.45) is 1.28. The molecule has 106 valence electrons. The molecule has 1 fully saturated rings. The zero-order valence-corrected chi connectivity index (χ0v) is 13.5. The van der Waals surface area contributed by atoms with Crippen molar-refractivity contribution in [2.75, 3.05) is 13.1 Å². The molecule has 0 bridgehead atoms. The fourth-order valence-corrected chi connectivity index (χ4v) is 4.16. The first-order valence-electron chi connectivity index (χ1n) is 7.22. The van der Waals surface area contributed by atoms with E-state index >= 15 is 0 Å². The Kier molecular flexibility index (Phi) is 4.46. The number of carbonyl (C=O) groups excluding carboxylic acids is 1. The molecule has 0 N–H and O–H groups in total. The molecule has 0 radical (unpaired) electrons. The largest absolute Gasteiger partial charge is 0.293 e. The molecule has 2 heterocycles. The zero-order chi connectivity index (χ0) is 14.2. The number of nitrogens with zero attached hydrogens (tertiary/aromatic N) is 1. The summed E-state index contributed by atoms with van der Waals surface area (Å²) in [6.45, 7) is 12.6. The van der Waals surface area contributed by atoms with Crippen molar-refractivity contribution in [2.24, 2.45) is 11.8 Å². The van der Waals surface area contributed by atoms with Crippen LogP contribution in [0.2, 0.25) is 0 Å². The Labute approximate surface area is 120 Å². The molecular formula is C16H25NOS. The van der Waals surface area contributed by atoms with E-state index in [4.69, 9.17) is 0 Å². The number of hydrogen-bond donors (Lipinski definition) is 0. The summed E-state index contributed by atoms with van der Waals surface area (Å²) in [5.74, 6) is 1.67. The van der Waals surface area contributed by atoms with Gasteiger partial charge in [0.2, 0.25) is 0 Å². The van der Waals surface area contributed by atoms with Gasteiger partial charge in [-0.05, 0) is 45.1 Å². The van der Waals surface area contributed by atoms with Crippen LogP contribution in [-0.2, 0) is 0 Å². The Hall–Kier alpha value is -0.670. The van der Waals surface area contributed by atoms with Crippen molar-refractivity contribution in [3.8, 4) is 0 Å². The Bertz CT molecular complexity index is 465. The summed E-state index contributed by atoms with van der Waals surface area (Å²) in [5, 5.41) is 0. The smallest absolute Gasteiger partial charge is 0.177 e. The highest BCUT2D eigenvalue weighted by molar-refractivity contribution is 7.12. The van der Waals surface area contributed by atoms with Crippen LogP contribution in [0.25, 0.3) is 0 Å². The number of piperidine rings is 1.